The molecule has 2 rings (SSSR count). The lowest BCUT2D eigenvalue weighted by molar-refractivity contribution is 0.0526. The highest BCUT2D eigenvalue weighted by atomic mass is 35.5. The number of esters is 1. The van der Waals surface area contributed by atoms with Gasteiger partial charge in [-0.25, -0.2) is 4.79 Å². The average molecular weight is 377 g/mol. The fourth-order valence-electron chi connectivity index (χ4n) is 2.42. The van der Waals surface area contributed by atoms with Gasteiger partial charge in [0.05, 0.1) is 17.2 Å². The normalized spacial score (nSPS) is 11.7. The van der Waals surface area contributed by atoms with E-state index in [0.29, 0.717) is 35.3 Å². The van der Waals surface area contributed by atoms with Crippen LogP contribution >= 0.6 is 11.6 Å². The van der Waals surface area contributed by atoms with Crippen LogP contribution in [-0.2, 0) is 4.74 Å². The Morgan fingerprint density at radius 1 is 1.08 bits per heavy atom. The lowest BCUT2D eigenvalue weighted by atomic mass is 10.1. The van der Waals surface area contributed by atoms with Crippen molar-refractivity contribution in [1.82, 2.24) is 0 Å². The van der Waals surface area contributed by atoms with E-state index in [4.69, 9.17) is 25.8 Å². The first-order chi connectivity index (χ1) is 12.6. The molecule has 0 fully saturated rings. The number of benzene rings is 2. The van der Waals surface area contributed by atoms with Gasteiger partial charge in [-0.2, -0.15) is 0 Å². The summed E-state index contributed by atoms with van der Waals surface area (Å²) in [6.07, 6.45) is 2.90. The minimum Gasteiger partial charge on any atom is -0.490 e. The first kappa shape index (κ1) is 20.1. The molecule has 140 valence electrons. The fourth-order valence-corrected chi connectivity index (χ4v) is 2.60. The summed E-state index contributed by atoms with van der Waals surface area (Å²) in [7, 11) is 0. The van der Waals surface area contributed by atoms with Crippen LogP contribution in [0.25, 0.3) is 0 Å². The SMILES string of the molecule is CCCCC(COc1ccc(C(=O)OCC)cc1)Oc1ccccc1Cl. The third-order valence-corrected chi connectivity index (χ3v) is 4.12. The van der Waals surface area contributed by atoms with Crippen LogP contribution in [-0.4, -0.2) is 25.3 Å². The molecule has 0 aliphatic rings. The summed E-state index contributed by atoms with van der Waals surface area (Å²) in [4.78, 5) is 11.7. The van der Waals surface area contributed by atoms with Crippen LogP contribution in [0.1, 0.15) is 43.5 Å². The van der Waals surface area contributed by atoms with Gasteiger partial charge in [-0.15, -0.1) is 0 Å². The van der Waals surface area contributed by atoms with Gasteiger partial charge in [0.25, 0.3) is 0 Å². The maximum atomic E-state index is 11.7. The van der Waals surface area contributed by atoms with Crippen LogP contribution in [0, 0.1) is 0 Å². The minimum absolute atomic E-state index is 0.0976. The standard InChI is InChI=1S/C21H25ClO4/c1-3-5-8-18(26-20-10-7-6-9-19(20)22)15-25-17-13-11-16(12-14-17)21(23)24-4-2/h6-7,9-14,18H,3-5,8,15H2,1-2H3. The van der Waals surface area contributed by atoms with Gasteiger partial charge in [0.2, 0.25) is 0 Å². The number of unbranched alkanes of at least 4 members (excludes halogenated alkanes) is 1. The zero-order valence-corrected chi connectivity index (χ0v) is 16.0. The van der Waals surface area contributed by atoms with Gasteiger partial charge in [0.15, 0.2) is 0 Å². The molecule has 5 heteroatoms. The molecule has 4 nitrogen and oxygen atoms in total. The number of ether oxygens (including phenoxy) is 3. The van der Waals surface area contributed by atoms with Gasteiger partial charge < -0.3 is 14.2 Å². The van der Waals surface area contributed by atoms with Crippen LogP contribution < -0.4 is 9.47 Å². The Labute approximate surface area is 160 Å². The molecule has 0 spiro atoms. The number of rotatable bonds is 10. The van der Waals surface area contributed by atoms with Crippen molar-refractivity contribution in [3.63, 3.8) is 0 Å². The van der Waals surface area contributed by atoms with Crippen molar-refractivity contribution in [2.75, 3.05) is 13.2 Å². The predicted octanol–water partition coefficient (Wildman–Crippen LogP) is 5.53. The van der Waals surface area contributed by atoms with E-state index >= 15 is 0 Å². The molecule has 26 heavy (non-hydrogen) atoms. The first-order valence-electron chi connectivity index (χ1n) is 8.95. The second kappa shape index (κ2) is 10.7. The Morgan fingerprint density at radius 2 is 1.81 bits per heavy atom. The Morgan fingerprint density at radius 3 is 2.46 bits per heavy atom. The van der Waals surface area contributed by atoms with Crippen molar-refractivity contribution >= 4 is 17.6 Å². The lowest BCUT2D eigenvalue weighted by Gasteiger charge is -2.20. The van der Waals surface area contributed by atoms with E-state index in [1.807, 2.05) is 24.3 Å². The molecule has 0 saturated carbocycles. The summed E-state index contributed by atoms with van der Waals surface area (Å²) >= 11 is 6.18. The summed E-state index contributed by atoms with van der Waals surface area (Å²) in [5, 5.41) is 0.591. The largest absolute Gasteiger partial charge is 0.490 e. The highest BCUT2D eigenvalue weighted by Gasteiger charge is 2.14. The number of carbonyl (C=O) groups is 1. The third kappa shape index (κ3) is 6.26. The van der Waals surface area contributed by atoms with Crippen LogP contribution in [0.5, 0.6) is 11.5 Å². The highest BCUT2D eigenvalue weighted by Crippen LogP contribution is 2.25. The summed E-state index contributed by atoms with van der Waals surface area (Å²) in [6.45, 7) is 4.69. The van der Waals surface area contributed by atoms with Crippen LogP contribution in [0.4, 0.5) is 0 Å². The summed E-state index contributed by atoms with van der Waals surface area (Å²) in [5.41, 5.74) is 0.508. The van der Waals surface area contributed by atoms with Crippen molar-refractivity contribution in [3.05, 3.63) is 59.1 Å². The minimum atomic E-state index is -0.332. The van der Waals surface area contributed by atoms with E-state index in [1.54, 1.807) is 31.2 Å². The Hall–Kier alpha value is -2.20. The molecular formula is C21H25ClO4. The van der Waals surface area contributed by atoms with E-state index in [2.05, 4.69) is 6.92 Å². The summed E-state index contributed by atoms with van der Waals surface area (Å²) < 4.78 is 16.9. The molecule has 2 aromatic rings. The van der Waals surface area contributed by atoms with Gasteiger partial charge in [0.1, 0.15) is 24.2 Å². The number of hydrogen-bond acceptors (Lipinski definition) is 4. The summed E-state index contributed by atoms with van der Waals surface area (Å²) in [6, 6.07) is 14.4. The molecule has 0 amide bonds. The number of carbonyl (C=O) groups excluding carboxylic acids is 1. The van der Waals surface area contributed by atoms with E-state index in [-0.39, 0.29) is 12.1 Å². The van der Waals surface area contributed by atoms with E-state index in [1.165, 1.54) is 0 Å². The molecule has 0 heterocycles. The Bertz CT molecular complexity index is 685. The molecule has 1 atom stereocenters. The molecule has 0 radical (unpaired) electrons. The predicted molar refractivity (Wildman–Crippen MR) is 103 cm³/mol. The third-order valence-electron chi connectivity index (χ3n) is 3.81. The molecule has 0 aromatic heterocycles. The summed E-state index contributed by atoms with van der Waals surface area (Å²) in [5.74, 6) is 1.01. The Kier molecular flexibility index (Phi) is 8.29. The lowest BCUT2D eigenvalue weighted by Crippen LogP contribution is -2.25. The van der Waals surface area contributed by atoms with Crippen molar-refractivity contribution in [1.29, 1.82) is 0 Å². The van der Waals surface area contributed by atoms with Crippen molar-refractivity contribution in [2.45, 2.75) is 39.2 Å². The van der Waals surface area contributed by atoms with Gasteiger partial charge >= 0.3 is 5.97 Å². The number of hydrogen-bond donors (Lipinski definition) is 0. The second-order valence-electron chi connectivity index (χ2n) is 5.87. The zero-order valence-electron chi connectivity index (χ0n) is 15.2. The molecule has 0 bridgehead atoms. The highest BCUT2D eigenvalue weighted by molar-refractivity contribution is 6.32. The molecule has 0 N–H and O–H groups in total. The second-order valence-corrected chi connectivity index (χ2v) is 6.28. The smallest absolute Gasteiger partial charge is 0.338 e. The molecule has 0 saturated heterocycles. The molecule has 0 aliphatic carbocycles. The maximum Gasteiger partial charge on any atom is 0.338 e. The molecule has 0 aliphatic heterocycles. The van der Waals surface area contributed by atoms with Crippen LogP contribution in [0.15, 0.2) is 48.5 Å². The first-order valence-corrected chi connectivity index (χ1v) is 9.33. The van der Waals surface area contributed by atoms with Gasteiger partial charge in [-0.3, -0.25) is 0 Å². The maximum absolute atomic E-state index is 11.7. The molecular weight excluding hydrogens is 352 g/mol. The van der Waals surface area contributed by atoms with E-state index in [0.717, 1.165) is 19.3 Å². The van der Waals surface area contributed by atoms with Crippen LogP contribution in [0.2, 0.25) is 5.02 Å². The van der Waals surface area contributed by atoms with Gasteiger partial charge in [-0.05, 0) is 56.2 Å². The van der Waals surface area contributed by atoms with E-state index < -0.39 is 0 Å². The van der Waals surface area contributed by atoms with Crippen molar-refractivity contribution in [2.24, 2.45) is 0 Å². The molecule has 2 aromatic carbocycles. The Balaban J connectivity index is 1.95. The van der Waals surface area contributed by atoms with Gasteiger partial charge in [0, 0.05) is 0 Å². The van der Waals surface area contributed by atoms with Crippen molar-refractivity contribution in [3.8, 4) is 11.5 Å². The molecule has 1 unspecified atom stereocenters. The van der Waals surface area contributed by atoms with Gasteiger partial charge in [-0.1, -0.05) is 37.1 Å². The topological polar surface area (TPSA) is 44.8 Å². The van der Waals surface area contributed by atoms with Crippen molar-refractivity contribution < 1.29 is 19.0 Å². The monoisotopic (exact) mass is 376 g/mol. The average Bonchev–Trinajstić information content (AvgIpc) is 2.66. The fraction of sp³-hybridized carbons (Fsp3) is 0.381. The van der Waals surface area contributed by atoms with E-state index in [9.17, 15) is 4.79 Å². The quantitative estimate of drug-likeness (QED) is 0.511. The zero-order chi connectivity index (χ0) is 18.8. The number of halogens is 1. The van der Waals surface area contributed by atoms with Crippen LogP contribution in [0.3, 0.4) is 0 Å². The number of para-hydroxylation sites is 1.